The quantitative estimate of drug-likeness (QED) is 0.563. The molecule has 0 unspecified atom stereocenters. The molecule has 0 radical (unpaired) electrons. The highest BCUT2D eigenvalue weighted by atomic mass is 16.3. The van der Waals surface area contributed by atoms with Crippen molar-refractivity contribution in [3.8, 4) is 0 Å². The summed E-state index contributed by atoms with van der Waals surface area (Å²) in [5.41, 5.74) is -0.790. The van der Waals surface area contributed by atoms with E-state index in [4.69, 9.17) is 0 Å². The van der Waals surface area contributed by atoms with Gasteiger partial charge in [-0.15, -0.1) is 0 Å². The van der Waals surface area contributed by atoms with Crippen molar-refractivity contribution in [2.45, 2.75) is 39.2 Å². The molecule has 6 heteroatoms. The van der Waals surface area contributed by atoms with Crippen molar-refractivity contribution in [3.63, 3.8) is 0 Å². The van der Waals surface area contributed by atoms with Crippen molar-refractivity contribution in [1.29, 1.82) is 0 Å². The summed E-state index contributed by atoms with van der Waals surface area (Å²) in [6.07, 6.45) is 1.76. The molecule has 0 aliphatic heterocycles. The molecule has 0 spiro atoms. The molecule has 0 atom stereocenters. The number of nitrogens with one attached hydrogen (secondary N) is 2. The minimum absolute atomic E-state index is 0.173. The van der Waals surface area contributed by atoms with E-state index in [9.17, 15) is 10.2 Å². The first-order valence-electron chi connectivity index (χ1n) is 6.68. The van der Waals surface area contributed by atoms with Gasteiger partial charge >= 0.3 is 0 Å². The minimum atomic E-state index is -0.790. The largest absolute Gasteiger partial charge is 0.394 e. The Labute approximate surface area is 114 Å². The first-order valence-corrected chi connectivity index (χ1v) is 6.68. The van der Waals surface area contributed by atoms with Crippen LogP contribution in [0.1, 0.15) is 33.0 Å². The predicted octanol–water partition coefficient (Wildman–Crippen LogP) is 1.02. The van der Waals surface area contributed by atoms with Crippen molar-refractivity contribution in [2.24, 2.45) is 0 Å². The number of aliphatic hydroxyl groups excluding tert-OH is 2. The van der Waals surface area contributed by atoms with E-state index in [-0.39, 0.29) is 13.2 Å². The smallest absolute Gasteiger partial charge is 0.133 e. The molecule has 0 aromatic carbocycles. The van der Waals surface area contributed by atoms with Crippen LogP contribution in [0.2, 0.25) is 0 Å². The zero-order valence-electron chi connectivity index (χ0n) is 11.9. The van der Waals surface area contributed by atoms with Gasteiger partial charge in [-0.3, -0.25) is 0 Å². The Bertz CT molecular complexity index is 370. The highest BCUT2D eigenvalue weighted by molar-refractivity contribution is 5.49. The highest BCUT2D eigenvalue weighted by Gasteiger charge is 2.22. The Morgan fingerprint density at radius 2 is 1.79 bits per heavy atom. The summed E-state index contributed by atoms with van der Waals surface area (Å²) in [6.45, 7) is 6.24. The molecule has 0 amide bonds. The van der Waals surface area contributed by atoms with Gasteiger partial charge in [0.2, 0.25) is 0 Å². The van der Waals surface area contributed by atoms with Gasteiger partial charge in [-0.25, -0.2) is 9.97 Å². The molecule has 1 aromatic heterocycles. The molecule has 1 rings (SSSR count). The summed E-state index contributed by atoms with van der Waals surface area (Å²) in [7, 11) is 0. The molecule has 6 nitrogen and oxygen atoms in total. The second kappa shape index (κ2) is 7.25. The van der Waals surface area contributed by atoms with E-state index in [1.807, 2.05) is 6.92 Å². The van der Waals surface area contributed by atoms with Crippen molar-refractivity contribution < 1.29 is 10.2 Å². The molecule has 108 valence electrons. The Morgan fingerprint density at radius 3 is 2.32 bits per heavy atom. The lowest BCUT2D eigenvalue weighted by molar-refractivity contribution is 0.147. The third kappa shape index (κ3) is 4.65. The first kappa shape index (κ1) is 15.7. The van der Waals surface area contributed by atoms with Crippen LogP contribution in [0.25, 0.3) is 0 Å². The van der Waals surface area contributed by atoms with Crippen LogP contribution in [-0.2, 0) is 6.42 Å². The van der Waals surface area contributed by atoms with Gasteiger partial charge in [0.1, 0.15) is 17.5 Å². The molecular weight excluding hydrogens is 244 g/mol. The van der Waals surface area contributed by atoms with E-state index >= 15 is 0 Å². The van der Waals surface area contributed by atoms with Crippen molar-refractivity contribution in [2.75, 3.05) is 30.4 Å². The summed E-state index contributed by atoms with van der Waals surface area (Å²) < 4.78 is 0. The number of aromatic nitrogens is 2. The lowest BCUT2D eigenvalue weighted by Gasteiger charge is -2.27. The summed E-state index contributed by atoms with van der Waals surface area (Å²) >= 11 is 0. The van der Waals surface area contributed by atoms with E-state index in [1.165, 1.54) is 0 Å². The van der Waals surface area contributed by atoms with Gasteiger partial charge in [-0.1, -0.05) is 6.92 Å². The van der Waals surface area contributed by atoms with E-state index in [0.29, 0.717) is 5.82 Å². The summed E-state index contributed by atoms with van der Waals surface area (Å²) in [6, 6.07) is 1.78. The number of hydrogen-bond donors (Lipinski definition) is 4. The highest BCUT2D eigenvalue weighted by Crippen LogP contribution is 2.17. The molecule has 0 aliphatic rings. The second-order valence-corrected chi connectivity index (χ2v) is 4.84. The van der Waals surface area contributed by atoms with Crippen LogP contribution in [-0.4, -0.2) is 45.5 Å². The average Bonchev–Trinajstić information content (AvgIpc) is 2.39. The molecule has 0 bridgehead atoms. The van der Waals surface area contributed by atoms with E-state index < -0.39 is 5.54 Å². The van der Waals surface area contributed by atoms with Gasteiger partial charge < -0.3 is 20.8 Å². The van der Waals surface area contributed by atoms with Crippen LogP contribution in [0.3, 0.4) is 0 Å². The van der Waals surface area contributed by atoms with Crippen molar-refractivity contribution in [3.05, 3.63) is 11.9 Å². The molecule has 0 fully saturated rings. The molecule has 0 aliphatic carbocycles. The van der Waals surface area contributed by atoms with E-state index in [1.54, 1.807) is 13.0 Å². The monoisotopic (exact) mass is 268 g/mol. The Hall–Kier alpha value is -1.40. The zero-order chi connectivity index (χ0) is 14.3. The number of aryl methyl sites for hydroxylation is 1. The lowest BCUT2D eigenvalue weighted by atomic mass is 10.1. The van der Waals surface area contributed by atoms with Gasteiger partial charge in [-0.05, 0) is 20.3 Å². The molecule has 0 saturated carbocycles. The second-order valence-electron chi connectivity index (χ2n) is 4.84. The Balaban J connectivity index is 2.98. The number of aliphatic hydroxyl groups is 2. The van der Waals surface area contributed by atoms with E-state index in [0.717, 1.165) is 31.0 Å². The lowest BCUT2D eigenvalue weighted by Crippen LogP contribution is -2.42. The molecule has 1 aromatic rings. The summed E-state index contributed by atoms with van der Waals surface area (Å²) in [5, 5.41) is 24.8. The zero-order valence-corrected chi connectivity index (χ0v) is 11.9. The van der Waals surface area contributed by atoms with Gasteiger partial charge in [0.25, 0.3) is 0 Å². The van der Waals surface area contributed by atoms with Gasteiger partial charge in [-0.2, -0.15) is 0 Å². The average molecular weight is 268 g/mol. The maximum atomic E-state index is 9.31. The molecule has 0 saturated heterocycles. The number of anilines is 2. The van der Waals surface area contributed by atoms with Crippen LogP contribution >= 0.6 is 0 Å². The predicted molar refractivity (Wildman–Crippen MR) is 76.4 cm³/mol. The fourth-order valence-corrected chi connectivity index (χ4v) is 1.61. The number of nitrogens with zero attached hydrogens (tertiary/aromatic N) is 2. The number of hydrogen-bond acceptors (Lipinski definition) is 6. The van der Waals surface area contributed by atoms with Crippen molar-refractivity contribution >= 4 is 11.6 Å². The molecular formula is C13H24N4O2. The maximum Gasteiger partial charge on any atom is 0.133 e. The number of rotatable bonds is 8. The van der Waals surface area contributed by atoms with Gasteiger partial charge in [0.05, 0.1) is 18.8 Å². The van der Waals surface area contributed by atoms with Crippen LogP contribution in [0.5, 0.6) is 0 Å². The standard InChI is InChI=1S/C13H24N4O2/c1-4-6-10-15-11(14-5-2)7-12(16-10)17-13(3,8-18)9-19/h7,18-19H,4-6,8-9H2,1-3H3,(H2,14,15,16,17). The first-order chi connectivity index (χ1) is 9.06. The topological polar surface area (TPSA) is 90.3 Å². The van der Waals surface area contributed by atoms with E-state index in [2.05, 4.69) is 27.5 Å². The third-order valence-corrected chi connectivity index (χ3v) is 2.73. The molecule has 19 heavy (non-hydrogen) atoms. The van der Waals surface area contributed by atoms with Crippen LogP contribution < -0.4 is 10.6 Å². The fraction of sp³-hybridized carbons (Fsp3) is 0.692. The van der Waals surface area contributed by atoms with Crippen LogP contribution in [0.4, 0.5) is 11.6 Å². The van der Waals surface area contributed by atoms with Gasteiger partial charge in [0.15, 0.2) is 0 Å². The van der Waals surface area contributed by atoms with Crippen molar-refractivity contribution in [1.82, 2.24) is 9.97 Å². The van der Waals surface area contributed by atoms with Crippen LogP contribution in [0, 0.1) is 0 Å². The summed E-state index contributed by atoms with van der Waals surface area (Å²) in [4.78, 5) is 8.81. The molecule has 4 N–H and O–H groups in total. The Kier molecular flexibility index (Phi) is 5.98. The third-order valence-electron chi connectivity index (χ3n) is 2.73. The summed E-state index contributed by atoms with van der Waals surface area (Å²) in [5.74, 6) is 2.11. The normalized spacial score (nSPS) is 11.4. The minimum Gasteiger partial charge on any atom is -0.394 e. The Morgan fingerprint density at radius 1 is 1.16 bits per heavy atom. The fourth-order valence-electron chi connectivity index (χ4n) is 1.61. The SMILES string of the molecule is CCCc1nc(NCC)cc(NC(C)(CO)CO)n1. The van der Waals surface area contributed by atoms with Crippen LogP contribution in [0.15, 0.2) is 6.07 Å². The maximum absolute atomic E-state index is 9.31. The van der Waals surface area contributed by atoms with Gasteiger partial charge in [0, 0.05) is 19.0 Å². The molecule has 1 heterocycles.